The molecule has 1 heterocycles. The van der Waals surface area contributed by atoms with Crippen LogP contribution in [-0.2, 0) is 9.53 Å². The first kappa shape index (κ1) is 14.5. The lowest BCUT2D eigenvalue weighted by Gasteiger charge is -2.40. The number of hydrogen-bond acceptors (Lipinski definition) is 3. The molecule has 0 aliphatic carbocycles. The van der Waals surface area contributed by atoms with Crippen molar-refractivity contribution in [1.29, 1.82) is 0 Å². The number of likely N-dealkylation sites (tertiary alicyclic amines) is 1. The summed E-state index contributed by atoms with van der Waals surface area (Å²) in [5.41, 5.74) is 5.74. The van der Waals surface area contributed by atoms with Gasteiger partial charge in [0.25, 0.3) is 0 Å². The maximum absolute atomic E-state index is 12.1. The molecule has 2 N–H and O–H groups in total. The Kier molecular flexibility index (Phi) is 6.52. The second-order valence-electron chi connectivity index (χ2n) is 4.83. The third-order valence-corrected chi connectivity index (χ3v) is 3.40. The van der Waals surface area contributed by atoms with Gasteiger partial charge in [-0.2, -0.15) is 0 Å². The molecular weight excluding hydrogens is 216 g/mol. The summed E-state index contributed by atoms with van der Waals surface area (Å²) in [6, 6.07) is 0.563. The molecule has 0 aromatic heterocycles. The Morgan fingerprint density at radius 2 is 2.18 bits per heavy atom. The van der Waals surface area contributed by atoms with E-state index >= 15 is 0 Å². The molecule has 100 valence electrons. The summed E-state index contributed by atoms with van der Waals surface area (Å²) >= 11 is 0. The van der Waals surface area contributed by atoms with E-state index in [9.17, 15) is 4.79 Å². The molecule has 1 amide bonds. The number of hydrogen-bond donors (Lipinski definition) is 1. The lowest BCUT2D eigenvalue weighted by molar-refractivity contribution is -0.138. The molecule has 17 heavy (non-hydrogen) atoms. The van der Waals surface area contributed by atoms with Gasteiger partial charge in [0.15, 0.2) is 0 Å². The number of carbonyl (C=O) groups is 1. The largest absolute Gasteiger partial charge is 0.381 e. The number of amides is 1. The van der Waals surface area contributed by atoms with Gasteiger partial charge in [0.05, 0.1) is 13.0 Å². The molecule has 1 aliphatic rings. The highest BCUT2D eigenvalue weighted by atomic mass is 16.5. The Labute approximate surface area is 104 Å². The average Bonchev–Trinajstić information content (AvgIpc) is 2.34. The Hall–Kier alpha value is -0.610. The predicted octanol–water partition coefficient (Wildman–Crippen LogP) is 1.53. The maximum Gasteiger partial charge on any atom is 0.225 e. The van der Waals surface area contributed by atoms with Crippen molar-refractivity contribution >= 4 is 5.91 Å². The lowest BCUT2D eigenvalue weighted by atomic mass is 9.96. The Balaban J connectivity index is 2.40. The van der Waals surface area contributed by atoms with Crippen molar-refractivity contribution in [1.82, 2.24) is 4.90 Å². The van der Waals surface area contributed by atoms with E-state index in [1.165, 1.54) is 6.42 Å². The molecule has 0 aromatic carbocycles. The fourth-order valence-electron chi connectivity index (χ4n) is 2.50. The highest BCUT2D eigenvalue weighted by molar-refractivity contribution is 5.77. The maximum atomic E-state index is 12.1. The first-order valence-corrected chi connectivity index (χ1v) is 6.79. The number of ether oxygens (including phenoxy) is 1. The van der Waals surface area contributed by atoms with Crippen molar-refractivity contribution in [2.45, 2.75) is 58.0 Å². The monoisotopic (exact) mass is 242 g/mol. The molecule has 2 atom stereocenters. The molecule has 2 unspecified atom stereocenters. The van der Waals surface area contributed by atoms with Gasteiger partial charge in [-0.25, -0.2) is 0 Å². The molecule has 1 aliphatic heterocycles. The standard InChI is InChI=1S/C13H26N2O2/c1-3-8-17-9-7-13(16)15-11(2)5-4-6-12(15)10-14/h11-12H,3-10,14H2,1-2H3. The number of nitrogens with two attached hydrogens (primary N) is 1. The van der Waals surface area contributed by atoms with Gasteiger partial charge in [0, 0.05) is 25.2 Å². The van der Waals surface area contributed by atoms with Gasteiger partial charge < -0.3 is 15.4 Å². The third-order valence-electron chi connectivity index (χ3n) is 3.40. The van der Waals surface area contributed by atoms with Gasteiger partial charge >= 0.3 is 0 Å². The predicted molar refractivity (Wildman–Crippen MR) is 68.7 cm³/mol. The smallest absolute Gasteiger partial charge is 0.225 e. The summed E-state index contributed by atoms with van der Waals surface area (Å²) in [5.74, 6) is 0.198. The van der Waals surface area contributed by atoms with Crippen LogP contribution >= 0.6 is 0 Å². The van der Waals surface area contributed by atoms with E-state index in [0.717, 1.165) is 25.9 Å². The van der Waals surface area contributed by atoms with Crippen LogP contribution in [0.3, 0.4) is 0 Å². The van der Waals surface area contributed by atoms with Gasteiger partial charge in [-0.3, -0.25) is 4.79 Å². The van der Waals surface area contributed by atoms with Gasteiger partial charge in [-0.1, -0.05) is 6.92 Å². The van der Waals surface area contributed by atoms with Crippen LogP contribution in [-0.4, -0.2) is 42.6 Å². The topological polar surface area (TPSA) is 55.6 Å². The van der Waals surface area contributed by atoms with Crippen molar-refractivity contribution < 1.29 is 9.53 Å². The average molecular weight is 242 g/mol. The molecule has 0 bridgehead atoms. The van der Waals surface area contributed by atoms with E-state index in [4.69, 9.17) is 10.5 Å². The summed E-state index contributed by atoms with van der Waals surface area (Å²) in [6.45, 7) is 6.04. The van der Waals surface area contributed by atoms with Crippen LogP contribution < -0.4 is 5.73 Å². The van der Waals surface area contributed by atoms with Crippen LogP contribution in [0.1, 0.15) is 46.0 Å². The zero-order valence-corrected chi connectivity index (χ0v) is 11.2. The lowest BCUT2D eigenvalue weighted by Crippen LogP contribution is -2.52. The minimum atomic E-state index is 0.198. The highest BCUT2D eigenvalue weighted by Crippen LogP contribution is 2.22. The van der Waals surface area contributed by atoms with E-state index in [1.54, 1.807) is 0 Å². The number of rotatable bonds is 6. The molecule has 0 saturated carbocycles. The van der Waals surface area contributed by atoms with Gasteiger partial charge in [-0.05, 0) is 32.6 Å². The van der Waals surface area contributed by atoms with Crippen molar-refractivity contribution in [2.75, 3.05) is 19.8 Å². The fraction of sp³-hybridized carbons (Fsp3) is 0.923. The number of piperidine rings is 1. The highest BCUT2D eigenvalue weighted by Gasteiger charge is 2.30. The SMILES string of the molecule is CCCOCCC(=O)N1C(C)CCCC1CN. The van der Waals surface area contributed by atoms with Crippen LogP contribution in [0.4, 0.5) is 0 Å². The Morgan fingerprint density at radius 1 is 1.41 bits per heavy atom. The number of carbonyl (C=O) groups excluding carboxylic acids is 1. The van der Waals surface area contributed by atoms with E-state index in [1.807, 2.05) is 4.90 Å². The van der Waals surface area contributed by atoms with Crippen molar-refractivity contribution in [3.05, 3.63) is 0 Å². The fourth-order valence-corrected chi connectivity index (χ4v) is 2.50. The van der Waals surface area contributed by atoms with E-state index in [-0.39, 0.29) is 11.9 Å². The summed E-state index contributed by atoms with van der Waals surface area (Å²) in [7, 11) is 0. The summed E-state index contributed by atoms with van der Waals surface area (Å²) in [4.78, 5) is 14.1. The van der Waals surface area contributed by atoms with Crippen molar-refractivity contribution in [3.8, 4) is 0 Å². The second-order valence-corrected chi connectivity index (χ2v) is 4.83. The third kappa shape index (κ3) is 4.28. The zero-order chi connectivity index (χ0) is 12.7. The van der Waals surface area contributed by atoms with Crippen LogP contribution in [0.5, 0.6) is 0 Å². The summed E-state index contributed by atoms with van der Waals surface area (Å²) < 4.78 is 5.37. The first-order chi connectivity index (χ1) is 8.20. The molecule has 1 fully saturated rings. The summed E-state index contributed by atoms with van der Waals surface area (Å²) in [6.07, 6.45) is 4.81. The second kappa shape index (κ2) is 7.67. The molecule has 4 heteroatoms. The molecule has 1 saturated heterocycles. The molecule has 0 radical (unpaired) electrons. The van der Waals surface area contributed by atoms with Gasteiger partial charge in [0.1, 0.15) is 0 Å². The number of nitrogens with zero attached hydrogens (tertiary/aromatic N) is 1. The van der Waals surface area contributed by atoms with Crippen LogP contribution in [0.2, 0.25) is 0 Å². The minimum Gasteiger partial charge on any atom is -0.381 e. The van der Waals surface area contributed by atoms with E-state index in [0.29, 0.717) is 25.6 Å². The normalized spacial score (nSPS) is 25.0. The van der Waals surface area contributed by atoms with Crippen LogP contribution in [0.25, 0.3) is 0 Å². The van der Waals surface area contributed by atoms with Crippen LogP contribution in [0, 0.1) is 0 Å². The van der Waals surface area contributed by atoms with E-state index in [2.05, 4.69) is 13.8 Å². The Morgan fingerprint density at radius 3 is 2.82 bits per heavy atom. The quantitative estimate of drug-likeness (QED) is 0.719. The van der Waals surface area contributed by atoms with E-state index < -0.39 is 0 Å². The molecule has 0 aromatic rings. The van der Waals surface area contributed by atoms with Crippen molar-refractivity contribution in [2.24, 2.45) is 5.73 Å². The van der Waals surface area contributed by atoms with Crippen LogP contribution in [0.15, 0.2) is 0 Å². The van der Waals surface area contributed by atoms with Gasteiger partial charge in [-0.15, -0.1) is 0 Å². The van der Waals surface area contributed by atoms with Crippen molar-refractivity contribution in [3.63, 3.8) is 0 Å². The molecule has 1 rings (SSSR count). The summed E-state index contributed by atoms with van der Waals surface area (Å²) in [5, 5.41) is 0. The first-order valence-electron chi connectivity index (χ1n) is 6.79. The molecule has 0 spiro atoms. The van der Waals surface area contributed by atoms with Gasteiger partial charge in [0.2, 0.25) is 5.91 Å². The molecule has 4 nitrogen and oxygen atoms in total. The Bertz CT molecular complexity index is 233. The zero-order valence-electron chi connectivity index (χ0n) is 11.2. The molecular formula is C13H26N2O2. The minimum absolute atomic E-state index is 0.198.